The molecule has 0 unspecified atom stereocenters. The van der Waals surface area contributed by atoms with E-state index in [1.54, 1.807) is 25.1 Å². The van der Waals surface area contributed by atoms with Crippen LogP contribution < -0.4 is 4.90 Å². The van der Waals surface area contributed by atoms with Gasteiger partial charge in [-0.2, -0.15) is 0 Å². The Hall–Kier alpha value is -3.71. The Balaban J connectivity index is 1.89. The molecule has 1 amide bonds. The zero-order valence-electron chi connectivity index (χ0n) is 20.3. The highest BCUT2D eigenvalue weighted by Gasteiger charge is 2.24. The summed E-state index contributed by atoms with van der Waals surface area (Å²) < 4.78 is 24.1. The highest BCUT2D eigenvalue weighted by Crippen LogP contribution is 2.33. The van der Waals surface area contributed by atoms with Crippen LogP contribution in [-0.2, 0) is 14.3 Å². The van der Waals surface area contributed by atoms with Crippen LogP contribution in [0.2, 0.25) is 5.02 Å². The summed E-state index contributed by atoms with van der Waals surface area (Å²) in [5, 5.41) is 0.145. The minimum absolute atomic E-state index is 0.0918. The zero-order valence-corrected chi connectivity index (χ0v) is 21.1. The molecule has 0 aliphatic rings. The van der Waals surface area contributed by atoms with Gasteiger partial charge in [0.05, 0.1) is 16.4 Å². The molecule has 0 radical (unpaired) electrons. The third kappa shape index (κ3) is 6.49. The van der Waals surface area contributed by atoms with Crippen LogP contribution in [0.3, 0.4) is 0 Å². The van der Waals surface area contributed by atoms with Gasteiger partial charge in [0.2, 0.25) is 0 Å². The normalized spacial score (nSPS) is 10.6. The van der Waals surface area contributed by atoms with Crippen molar-refractivity contribution in [2.75, 3.05) is 18.1 Å². The van der Waals surface area contributed by atoms with Gasteiger partial charge in [-0.15, -0.1) is 0 Å². The lowest BCUT2D eigenvalue weighted by atomic mass is 9.99. The Morgan fingerprint density at radius 1 is 0.889 bits per heavy atom. The van der Waals surface area contributed by atoms with Crippen LogP contribution in [0.4, 0.5) is 20.6 Å². The van der Waals surface area contributed by atoms with Gasteiger partial charge >= 0.3 is 12.1 Å². The number of anilines is 2. The summed E-state index contributed by atoms with van der Waals surface area (Å²) in [6.07, 6.45) is 0.158. The van der Waals surface area contributed by atoms with Crippen molar-refractivity contribution in [2.24, 2.45) is 0 Å². The highest BCUT2D eigenvalue weighted by atomic mass is 35.5. The minimum Gasteiger partial charge on any atom is -0.462 e. The first-order valence-electron chi connectivity index (χ1n) is 11.5. The number of carbonyl (C=O) groups is 3. The van der Waals surface area contributed by atoms with E-state index in [4.69, 9.17) is 21.1 Å². The predicted octanol–water partition coefficient (Wildman–Crippen LogP) is 6.94. The van der Waals surface area contributed by atoms with Crippen molar-refractivity contribution >= 4 is 40.8 Å². The monoisotopic (exact) mass is 511 g/mol. The fraction of sp³-hybridized carbons (Fsp3) is 0.250. The van der Waals surface area contributed by atoms with Crippen molar-refractivity contribution in [2.45, 2.75) is 33.6 Å². The molecule has 3 aromatic rings. The van der Waals surface area contributed by atoms with E-state index in [-0.39, 0.29) is 42.0 Å². The number of hydrogen-bond donors (Lipinski definition) is 0. The third-order valence-corrected chi connectivity index (χ3v) is 5.77. The van der Waals surface area contributed by atoms with Gasteiger partial charge in [0.25, 0.3) is 0 Å². The van der Waals surface area contributed by atoms with Gasteiger partial charge < -0.3 is 9.47 Å². The number of hydrogen-bond acceptors (Lipinski definition) is 5. The fourth-order valence-electron chi connectivity index (χ4n) is 3.64. The largest absolute Gasteiger partial charge is 0.462 e. The van der Waals surface area contributed by atoms with Crippen LogP contribution in [0, 0.1) is 19.7 Å². The SMILES string of the molecule is CCCC(=O)OCCOC(=O)N(c1ccc(C(=O)c2ccccc2C)c(Cl)c1)c1ccc(F)cc1C. The number of rotatable bonds is 9. The molecule has 0 spiro atoms. The minimum atomic E-state index is -0.773. The van der Waals surface area contributed by atoms with Gasteiger partial charge in [-0.25, -0.2) is 14.1 Å². The molecule has 3 rings (SSSR count). The van der Waals surface area contributed by atoms with Crippen LogP contribution in [0.5, 0.6) is 0 Å². The van der Waals surface area contributed by atoms with Crippen molar-refractivity contribution in [1.29, 1.82) is 0 Å². The molecular weight excluding hydrogens is 485 g/mol. The van der Waals surface area contributed by atoms with E-state index < -0.39 is 11.9 Å². The molecule has 36 heavy (non-hydrogen) atoms. The van der Waals surface area contributed by atoms with E-state index in [0.29, 0.717) is 28.9 Å². The molecule has 3 aromatic carbocycles. The number of ether oxygens (including phenoxy) is 2. The molecule has 0 bridgehead atoms. The first kappa shape index (κ1) is 26.9. The van der Waals surface area contributed by atoms with Crippen molar-refractivity contribution < 1.29 is 28.2 Å². The lowest BCUT2D eigenvalue weighted by Crippen LogP contribution is -2.29. The summed E-state index contributed by atoms with van der Waals surface area (Å²) in [6, 6.07) is 15.7. The summed E-state index contributed by atoms with van der Waals surface area (Å²) in [5.74, 6) is -1.07. The summed E-state index contributed by atoms with van der Waals surface area (Å²) in [6.45, 7) is 5.09. The number of halogens is 2. The van der Waals surface area contributed by atoms with Gasteiger partial charge in [0, 0.05) is 17.5 Å². The lowest BCUT2D eigenvalue weighted by Gasteiger charge is -2.24. The lowest BCUT2D eigenvalue weighted by molar-refractivity contribution is -0.144. The van der Waals surface area contributed by atoms with Crippen molar-refractivity contribution in [3.63, 3.8) is 0 Å². The van der Waals surface area contributed by atoms with Gasteiger partial charge in [0.15, 0.2) is 5.78 Å². The number of benzene rings is 3. The van der Waals surface area contributed by atoms with Gasteiger partial charge in [-0.05, 0) is 67.8 Å². The first-order chi connectivity index (χ1) is 17.2. The number of amides is 1. The summed E-state index contributed by atoms with van der Waals surface area (Å²) in [4.78, 5) is 38.9. The van der Waals surface area contributed by atoms with Crippen molar-refractivity contribution in [3.8, 4) is 0 Å². The van der Waals surface area contributed by atoms with Crippen LogP contribution in [0.25, 0.3) is 0 Å². The van der Waals surface area contributed by atoms with Gasteiger partial charge in [-0.1, -0.05) is 42.8 Å². The number of carbonyl (C=O) groups excluding carboxylic acids is 3. The Morgan fingerprint density at radius 3 is 2.28 bits per heavy atom. The van der Waals surface area contributed by atoms with Crippen LogP contribution >= 0.6 is 11.6 Å². The Bertz CT molecular complexity index is 1280. The van der Waals surface area contributed by atoms with Gasteiger partial charge in [0.1, 0.15) is 19.0 Å². The second-order valence-corrected chi connectivity index (χ2v) is 8.57. The molecule has 188 valence electrons. The standard InChI is InChI=1S/C28H27ClFNO5/c1-4-7-26(32)35-14-15-36-28(34)31(25-13-10-20(30)16-19(25)3)21-11-12-23(24(29)17-21)27(33)22-9-6-5-8-18(22)2/h5-6,8-13,16-17H,4,7,14-15H2,1-3H3. The molecule has 0 N–H and O–H groups in total. The van der Waals surface area contributed by atoms with Gasteiger partial charge in [-0.3, -0.25) is 9.59 Å². The molecule has 0 heterocycles. The third-order valence-electron chi connectivity index (χ3n) is 5.45. The van der Waals surface area contributed by atoms with E-state index >= 15 is 0 Å². The summed E-state index contributed by atoms with van der Waals surface area (Å²) in [7, 11) is 0. The molecule has 0 saturated heterocycles. The summed E-state index contributed by atoms with van der Waals surface area (Å²) >= 11 is 6.50. The van der Waals surface area contributed by atoms with Crippen LogP contribution in [0.1, 0.15) is 46.8 Å². The number of aryl methyl sites for hydroxylation is 2. The first-order valence-corrected chi connectivity index (χ1v) is 11.9. The molecule has 0 aliphatic heterocycles. The number of nitrogens with zero attached hydrogens (tertiary/aromatic N) is 1. The zero-order chi connectivity index (χ0) is 26.2. The Kier molecular flexibility index (Phi) is 9.19. The summed E-state index contributed by atoms with van der Waals surface area (Å²) in [5.41, 5.74) is 2.80. The Labute approximate surface area is 214 Å². The average molecular weight is 512 g/mol. The molecule has 0 aliphatic carbocycles. The van der Waals surface area contributed by atoms with E-state index in [0.717, 1.165) is 5.56 Å². The molecule has 0 fully saturated rings. The van der Waals surface area contributed by atoms with Crippen molar-refractivity contribution in [3.05, 3.63) is 93.8 Å². The number of esters is 1. The highest BCUT2D eigenvalue weighted by molar-refractivity contribution is 6.35. The van der Waals surface area contributed by atoms with E-state index in [1.807, 2.05) is 26.0 Å². The maximum Gasteiger partial charge on any atom is 0.419 e. The molecular formula is C28H27ClFNO5. The molecule has 0 atom stereocenters. The number of ketones is 1. The molecule has 8 heteroatoms. The van der Waals surface area contributed by atoms with E-state index in [2.05, 4.69) is 0 Å². The van der Waals surface area contributed by atoms with E-state index in [9.17, 15) is 18.8 Å². The van der Waals surface area contributed by atoms with E-state index in [1.165, 1.54) is 35.2 Å². The maximum atomic E-state index is 13.8. The topological polar surface area (TPSA) is 72.9 Å². The van der Waals surface area contributed by atoms with Crippen LogP contribution in [0.15, 0.2) is 60.7 Å². The molecule has 0 saturated carbocycles. The van der Waals surface area contributed by atoms with Crippen LogP contribution in [-0.4, -0.2) is 31.1 Å². The fourth-order valence-corrected chi connectivity index (χ4v) is 3.90. The molecule has 0 aromatic heterocycles. The Morgan fingerprint density at radius 2 is 1.61 bits per heavy atom. The average Bonchev–Trinajstić information content (AvgIpc) is 2.83. The molecule has 6 nitrogen and oxygen atoms in total. The maximum absolute atomic E-state index is 13.8. The second kappa shape index (κ2) is 12.3. The van der Waals surface area contributed by atoms with Crippen molar-refractivity contribution in [1.82, 2.24) is 0 Å². The second-order valence-electron chi connectivity index (χ2n) is 8.16. The quantitative estimate of drug-likeness (QED) is 0.177. The predicted molar refractivity (Wildman–Crippen MR) is 137 cm³/mol. The smallest absolute Gasteiger partial charge is 0.419 e.